The second-order valence-corrected chi connectivity index (χ2v) is 8.86. The van der Waals surface area contributed by atoms with E-state index in [1.54, 1.807) is 7.11 Å². The van der Waals surface area contributed by atoms with E-state index < -0.39 is 0 Å². The van der Waals surface area contributed by atoms with Crippen molar-refractivity contribution in [2.75, 3.05) is 63.6 Å². The molecule has 2 aliphatic heterocycles. The number of hydrogen-bond acceptors (Lipinski definition) is 7. The third-order valence-electron chi connectivity index (χ3n) is 6.58. The zero-order valence-electron chi connectivity index (χ0n) is 19.2. The number of benzene rings is 1. The first-order valence-corrected chi connectivity index (χ1v) is 11.5. The van der Waals surface area contributed by atoms with Crippen molar-refractivity contribution >= 4 is 17.3 Å². The van der Waals surface area contributed by atoms with Crippen molar-refractivity contribution in [2.45, 2.75) is 38.6 Å². The molecule has 4 rings (SSSR count). The maximum atomic E-state index is 5.70. The van der Waals surface area contributed by atoms with Crippen LogP contribution in [-0.4, -0.2) is 79.2 Å². The predicted molar refractivity (Wildman–Crippen MR) is 127 cm³/mol. The molecule has 2 saturated heterocycles. The van der Waals surface area contributed by atoms with Crippen LogP contribution in [0.1, 0.15) is 31.2 Å². The molecule has 0 aliphatic carbocycles. The maximum Gasteiger partial charge on any atom is 0.227 e. The van der Waals surface area contributed by atoms with Gasteiger partial charge >= 0.3 is 0 Å². The van der Waals surface area contributed by atoms with Gasteiger partial charge in [-0.3, -0.25) is 4.90 Å². The average Bonchev–Trinajstić information content (AvgIpc) is 2.77. The summed E-state index contributed by atoms with van der Waals surface area (Å²) in [5, 5.41) is 3.28. The number of aryl methyl sites for hydroxylation is 1. The molecule has 168 valence electrons. The zero-order chi connectivity index (χ0) is 21.6. The summed E-state index contributed by atoms with van der Waals surface area (Å²) in [6, 6.07) is 7.11. The minimum atomic E-state index is 0.581. The summed E-state index contributed by atoms with van der Waals surface area (Å²) >= 11 is 0. The van der Waals surface area contributed by atoms with Crippen LogP contribution in [0.2, 0.25) is 0 Å². The van der Waals surface area contributed by atoms with Crippen LogP contribution in [0, 0.1) is 6.92 Å². The fourth-order valence-electron chi connectivity index (χ4n) is 4.61. The Labute approximate surface area is 186 Å². The molecule has 1 unspecified atom stereocenters. The molecule has 1 atom stereocenters. The lowest BCUT2D eigenvalue weighted by Gasteiger charge is -2.40. The second-order valence-electron chi connectivity index (χ2n) is 8.86. The molecule has 7 heteroatoms. The molecule has 2 fully saturated rings. The Hall–Kier alpha value is -2.38. The van der Waals surface area contributed by atoms with Gasteiger partial charge in [-0.05, 0) is 50.9 Å². The number of rotatable bonds is 5. The lowest BCUT2D eigenvalue weighted by atomic mass is 10.0. The number of ether oxygens (including phenoxy) is 1. The molecule has 1 aromatic carbocycles. The first-order valence-electron chi connectivity index (χ1n) is 11.5. The van der Waals surface area contributed by atoms with Crippen molar-refractivity contribution in [3.63, 3.8) is 0 Å². The molecule has 2 aliphatic rings. The molecular formula is C24H36N6O. The molecule has 0 bridgehead atoms. The van der Waals surface area contributed by atoms with Crippen molar-refractivity contribution in [1.29, 1.82) is 0 Å². The van der Waals surface area contributed by atoms with Gasteiger partial charge < -0.3 is 19.9 Å². The fourth-order valence-corrected chi connectivity index (χ4v) is 4.61. The maximum absolute atomic E-state index is 5.70. The molecule has 0 spiro atoms. The Bertz CT molecular complexity index is 834. The highest BCUT2D eigenvalue weighted by molar-refractivity contribution is 5.68. The summed E-state index contributed by atoms with van der Waals surface area (Å²) in [6.07, 6.45) is 8.72. The third kappa shape index (κ3) is 5.66. The monoisotopic (exact) mass is 424 g/mol. The molecule has 3 heterocycles. The van der Waals surface area contributed by atoms with E-state index in [1.165, 1.54) is 57.5 Å². The number of anilines is 3. The lowest BCUT2D eigenvalue weighted by Crippen LogP contribution is -2.50. The predicted octanol–water partition coefficient (Wildman–Crippen LogP) is 3.53. The van der Waals surface area contributed by atoms with Gasteiger partial charge in [0, 0.05) is 69.5 Å². The molecule has 0 amide bonds. The van der Waals surface area contributed by atoms with E-state index in [1.807, 2.05) is 19.3 Å². The SMILES string of the molecule is COc1cc(N2CCCCC(N3CCN(C)CC3)CC2)ccc1Nc1ncc(C)cn1. The Balaban J connectivity index is 1.43. The molecule has 2 aromatic rings. The Morgan fingerprint density at radius 3 is 2.48 bits per heavy atom. The Morgan fingerprint density at radius 2 is 1.74 bits per heavy atom. The summed E-state index contributed by atoms with van der Waals surface area (Å²) in [4.78, 5) is 16.4. The van der Waals surface area contributed by atoms with Crippen LogP contribution in [-0.2, 0) is 0 Å². The summed E-state index contributed by atoms with van der Waals surface area (Å²) in [7, 11) is 3.95. The van der Waals surface area contributed by atoms with Crippen LogP contribution in [0.15, 0.2) is 30.6 Å². The number of piperazine rings is 1. The van der Waals surface area contributed by atoms with Crippen molar-refractivity contribution < 1.29 is 4.74 Å². The lowest BCUT2D eigenvalue weighted by molar-refractivity contribution is 0.0999. The third-order valence-corrected chi connectivity index (χ3v) is 6.58. The van der Waals surface area contributed by atoms with Gasteiger partial charge in [-0.2, -0.15) is 0 Å². The summed E-state index contributed by atoms with van der Waals surface area (Å²) < 4.78 is 5.70. The van der Waals surface area contributed by atoms with Gasteiger partial charge in [-0.15, -0.1) is 0 Å². The fraction of sp³-hybridized carbons (Fsp3) is 0.583. The van der Waals surface area contributed by atoms with Crippen molar-refractivity contribution in [3.05, 3.63) is 36.2 Å². The van der Waals surface area contributed by atoms with Crippen LogP contribution >= 0.6 is 0 Å². The van der Waals surface area contributed by atoms with Gasteiger partial charge in [0.1, 0.15) is 5.75 Å². The van der Waals surface area contributed by atoms with Crippen LogP contribution in [0.25, 0.3) is 0 Å². The molecule has 7 nitrogen and oxygen atoms in total. The van der Waals surface area contributed by atoms with E-state index in [4.69, 9.17) is 4.74 Å². The highest BCUT2D eigenvalue weighted by atomic mass is 16.5. The van der Waals surface area contributed by atoms with Crippen LogP contribution in [0.5, 0.6) is 5.75 Å². The van der Waals surface area contributed by atoms with Gasteiger partial charge in [0.25, 0.3) is 0 Å². The normalized spacial score (nSPS) is 21.4. The first-order chi connectivity index (χ1) is 15.1. The van der Waals surface area contributed by atoms with Crippen molar-refractivity contribution in [3.8, 4) is 5.75 Å². The Kier molecular flexibility index (Phi) is 7.25. The van der Waals surface area contributed by atoms with Gasteiger partial charge in [0.2, 0.25) is 5.95 Å². The van der Waals surface area contributed by atoms with Gasteiger partial charge in [-0.1, -0.05) is 6.42 Å². The number of nitrogens with zero attached hydrogens (tertiary/aromatic N) is 5. The molecule has 0 saturated carbocycles. The van der Waals surface area contributed by atoms with Crippen molar-refractivity contribution in [1.82, 2.24) is 19.8 Å². The Morgan fingerprint density at radius 1 is 0.968 bits per heavy atom. The number of aromatic nitrogens is 2. The van der Waals surface area contributed by atoms with E-state index in [9.17, 15) is 0 Å². The van der Waals surface area contributed by atoms with E-state index >= 15 is 0 Å². The molecule has 1 aromatic heterocycles. The topological polar surface area (TPSA) is 56.8 Å². The van der Waals surface area contributed by atoms with Gasteiger partial charge in [0.05, 0.1) is 12.8 Å². The first kappa shape index (κ1) is 21.8. The van der Waals surface area contributed by atoms with E-state index in [0.717, 1.165) is 30.1 Å². The highest BCUT2D eigenvalue weighted by Crippen LogP contribution is 2.32. The number of hydrogen-bond donors (Lipinski definition) is 1. The van der Waals surface area contributed by atoms with E-state index in [0.29, 0.717) is 12.0 Å². The number of nitrogens with one attached hydrogen (secondary N) is 1. The standard InChI is InChI=1S/C24H36N6O/c1-19-17-25-24(26-18-19)27-22-8-7-21(16-23(22)31-3)29-10-5-4-6-20(9-11-29)30-14-12-28(2)13-15-30/h7-8,16-18,20H,4-6,9-15H2,1-3H3,(H,25,26,27). The van der Waals surface area contributed by atoms with E-state index in [2.05, 4.69) is 55.2 Å². The number of methoxy groups -OCH3 is 1. The summed E-state index contributed by atoms with van der Waals surface area (Å²) in [5.74, 6) is 1.40. The number of likely N-dealkylation sites (N-methyl/N-ethyl adjacent to an activating group) is 1. The van der Waals surface area contributed by atoms with Crippen molar-refractivity contribution in [2.24, 2.45) is 0 Å². The minimum Gasteiger partial charge on any atom is -0.494 e. The van der Waals surface area contributed by atoms with Crippen LogP contribution in [0.4, 0.5) is 17.3 Å². The highest BCUT2D eigenvalue weighted by Gasteiger charge is 2.24. The smallest absolute Gasteiger partial charge is 0.227 e. The summed E-state index contributed by atoms with van der Waals surface area (Å²) in [6.45, 7) is 8.97. The van der Waals surface area contributed by atoms with Gasteiger partial charge in [0.15, 0.2) is 0 Å². The van der Waals surface area contributed by atoms with Crippen LogP contribution < -0.4 is 15.0 Å². The average molecular weight is 425 g/mol. The second kappa shape index (κ2) is 10.3. The zero-order valence-corrected chi connectivity index (χ0v) is 19.2. The van der Waals surface area contributed by atoms with Crippen LogP contribution in [0.3, 0.4) is 0 Å². The summed E-state index contributed by atoms with van der Waals surface area (Å²) in [5.41, 5.74) is 3.16. The molecule has 0 radical (unpaired) electrons. The molecular weight excluding hydrogens is 388 g/mol. The van der Waals surface area contributed by atoms with E-state index in [-0.39, 0.29) is 0 Å². The quantitative estimate of drug-likeness (QED) is 0.788. The molecule has 31 heavy (non-hydrogen) atoms. The largest absolute Gasteiger partial charge is 0.494 e. The van der Waals surface area contributed by atoms with Gasteiger partial charge in [-0.25, -0.2) is 9.97 Å². The molecule has 1 N–H and O–H groups in total. The minimum absolute atomic E-state index is 0.581.